The Bertz CT molecular complexity index is 380. The topological polar surface area (TPSA) is 95.5 Å². The van der Waals surface area contributed by atoms with Gasteiger partial charge in [-0.15, -0.1) is 0 Å². The van der Waals surface area contributed by atoms with Gasteiger partial charge in [0, 0.05) is 0 Å². The first-order valence-electron chi connectivity index (χ1n) is 4.99. The van der Waals surface area contributed by atoms with Gasteiger partial charge in [0.15, 0.2) is 0 Å². The van der Waals surface area contributed by atoms with Gasteiger partial charge in [-0.1, -0.05) is 13.8 Å². The molecule has 0 heterocycles. The summed E-state index contributed by atoms with van der Waals surface area (Å²) in [5.74, 6) is -1.57. The molecule has 0 unspecified atom stereocenters. The van der Waals surface area contributed by atoms with Gasteiger partial charge in [-0.3, -0.25) is 4.79 Å². The van der Waals surface area contributed by atoms with E-state index >= 15 is 0 Å². The standard InChI is InChI=1S/C8H15F3N2O4S/c1-5(2)3-6(7(14)15)13-18(16,17)12-4-8(9,10)11/h5-6,12-13H,3-4H2,1-2H3,(H,14,15)/t6-/m1/s1. The summed E-state index contributed by atoms with van der Waals surface area (Å²) in [6.07, 6.45) is -4.73. The van der Waals surface area contributed by atoms with Gasteiger partial charge in [0.05, 0.1) is 0 Å². The Morgan fingerprint density at radius 3 is 2.17 bits per heavy atom. The minimum absolute atomic E-state index is 0.0255. The predicted molar refractivity (Wildman–Crippen MR) is 57.0 cm³/mol. The van der Waals surface area contributed by atoms with E-state index in [1.807, 2.05) is 0 Å². The summed E-state index contributed by atoms with van der Waals surface area (Å²) in [5, 5.41) is 8.74. The predicted octanol–water partition coefficient (Wildman–Crippen LogP) is 0.472. The van der Waals surface area contributed by atoms with Crippen molar-refractivity contribution in [3.05, 3.63) is 0 Å². The van der Waals surface area contributed by atoms with Crippen LogP contribution in [0.2, 0.25) is 0 Å². The van der Waals surface area contributed by atoms with Gasteiger partial charge < -0.3 is 5.11 Å². The lowest BCUT2D eigenvalue weighted by Gasteiger charge is -2.17. The van der Waals surface area contributed by atoms with Crippen molar-refractivity contribution in [3.8, 4) is 0 Å². The molecule has 0 bridgehead atoms. The molecule has 0 saturated carbocycles. The summed E-state index contributed by atoms with van der Waals surface area (Å²) in [4.78, 5) is 10.7. The van der Waals surface area contributed by atoms with Gasteiger partial charge in [0.1, 0.15) is 12.6 Å². The largest absolute Gasteiger partial charge is 0.480 e. The number of carboxylic acids is 1. The summed E-state index contributed by atoms with van der Waals surface area (Å²) in [6.45, 7) is 1.57. The summed E-state index contributed by atoms with van der Waals surface area (Å²) in [6, 6.07) is -1.46. The number of nitrogens with one attached hydrogen (secondary N) is 2. The van der Waals surface area contributed by atoms with Crippen molar-refractivity contribution in [2.75, 3.05) is 6.54 Å². The summed E-state index contributed by atoms with van der Waals surface area (Å²) < 4.78 is 60.7. The number of carboxylic acid groups (broad SMARTS) is 1. The summed E-state index contributed by atoms with van der Waals surface area (Å²) >= 11 is 0. The Morgan fingerprint density at radius 2 is 1.83 bits per heavy atom. The Labute approximate surface area is 103 Å². The third-order valence-electron chi connectivity index (χ3n) is 1.77. The van der Waals surface area contributed by atoms with Crippen LogP contribution >= 0.6 is 0 Å². The molecule has 6 nitrogen and oxygen atoms in total. The van der Waals surface area contributed by atoms with Crippen molar-refractivity contribution in [2.24, 2.45) is 5.92 Å². The fraction of sp³-hybridized carbons (Fsp3) is 0.875. The maximum absolute atomic E-state index is 11.8. The first-order valence-corrected chi connectivity index (χ1v) is 6.48. The third kappa shape index (κ3) is 8.25. The van der Waals surface area contributed by atoms with Crippen molar-refractivity contribution in [2.45, 2.75) is 32.5 Å². The molecular formula is C8H15F3N2O4S. The normalized spacial score (nSPS) is 14.8. The van der Waals surface area contributed by atoms with Crippen molar-refractivity contribution >= 4 is 16.2 Å². The van der Waals surface area contributed by atoms with Gasteiger partial charge in [-0.05, 0) is 12.3 Å². The number of rotatable bonds is 7. The number of hydrogen-bond acceptors (Lipinski definition) is 3. The minimum Gasteiger partial charge on any atom is -0.480 e. The summed E-state index contributed by atoms with van der Waals surface area (Å²) in [5.41, 5.74) is 0. The molecule has 18 heavy (non-hydrogen) atoms. The molecule has 0 saturated heterocycles. The number of hydrogen-bond donors (Lipinski definition) is 3. The van der Waals surface area contributed by atoms with Crippen molar-refractivity contribution in [1.82, 2.24) is 9.44 Å². The number of alkyl halides is 3. The second-order valence-electron chi connectivity index (χ2n) is 4.08. The van der Waals surface area contributed by atoms with Crippen LogP contribution in [0.1, 0.15) is 20.3 Å². The maximum atomic E-state index is 11.8. The van der Waals surface area contributed by atoms with E-state index in [2.05, 4.69) is 0 Å². The van der Waals surface area contributed by atoms with Gasteiger partial charge in [0.2, 0.25) is 0 Å². The summed E-state index contributed by atoms with van der Waals surface area (Å²) in [7, 11) is -4.51. The minimum atomic E-state index is -4.70. The molecule has 0 rings (SSSR count). The molecule has 0 aliphatic carbocycles. The van der Waals surface area contributed by atoms with Gasteiger partial charge in [-0.25, -0.2) is 0 Å². The molecule has 0 aliphatic heterocycles. The lowest BCUT2D eigenvalue weighted by Crippen LogP contribution is -2.48. The monoisotopic (exact) mass is 292 g/mol. The second-order valence-corrected chi connectivity index (χ2v) is 5.61. The van der Waals surface area contributed by atoms with Crippen LogP contribution in [0.3, 0.4) is 0 Å². The van der Waals surface area contributed by atoms with E-state index in [1.54, 1.807) is 18.6 Å². The first-order chi connectivity index (χ1) is 7.93. The van der Waals surface area contributed by atoms with E-state index < -0.39 is 34.9 Å². The van der Waals surface area contributed by atoms with Crippen LogP contribution in [0.25, 0.3) is 0 Å². The molecule has 108 valence electrons. The van der Waals surface area contributed by atoms with Crippen LogP contribution in [0.5, 0.6) is 0 Å². The zero-order valence-electron chi connectivity index (χ0n) is 9.78. The molecular weight excluding hydrogens is 277 g/mol. The Morgan fingerprint density at radius 1 is 1.33 bits per heavy atom. The lowest BCUT2D eigenvalue weighted by molar-refractivity contribution is -0.139. The molecule has 0 aromatic heterocycles. The molecule has 0 amide bonds. The van der Waals surface area contributed by atoms with E-state index in [1.165, 1.54) is 4.72 Å². The fourth-order valence-electron chi connectivity index (χ4n) is 1.08. The van der Waals surface area contributed by atoms with E-state index in [0.29, 0.717) is 0 Å². The zero-order valence-corrected chi connectivity index (χ0v) is 10.6. The van der Waals surface area contributed by atoms with Crippen molar-refractivity contribution < 1.29 is 31.5 Å². The molecule has 3 N–H and O–H groups in total. The van der Waals surface area contributed by atoms with Crippen molar-refractivity contribution in [3.63, 3.8) is 0 Å². The smallest absolute Gasteiger partial charge is 0.402 e. The van der Waals surface area contributed by atoms with Crippen LogP contribution in [0.4, 0.5) is 13.2 Å². The van der Waals surface area contributed by atoms with Gasteiger partial charge in [-0.2, -0.15) is 31.0 Å². The van der Waals surface area contributed by atoms with Gasteiger partial charge in [0.25, 0.3) is 10.2 Å². The SMILES string of the molecule is CC(C)C[C@@H](NS(=O)(=O)NCC(F)(F)F)C(=O)O. The number of aliphatic carboxylic acids is 1. The molecule has 0 spiro atoms. The molecule has 0 aromatic rings. The average molecular weight is 292 g/mol. The van der Waals surface area contributed by atoms with Crippen LogP contribution < -0.4 is 9.44 Å². The fourth-order valence-corrected chi connectivity index (χ4v) is 2.09. The van der Waals surface area contributed by atoms with E-state index in [9.17, 15) is 26.4 Å². The van der Waals surface area contributed by atoms with Crippen molar-refractivity contribution in [1.29, 1.82) is 0 Å². The molecule has 0 aliphatic rings. The Balaban J connectivity index is 4.57. The zero-order chi connectivity index (χ0) is 14.6. The maximum Gasteiger partial charge on any atom is 0.402 e. The van der Waals surface area contributed by atoms with E-state index in [0.717, 1.165) is 0 Å². The van der Waals surface area contributed by atoms with Gasteiger partial charge >= 0.3 is 12.1 Å². The molecule has 0 aromatic carbocycles. The Hall–Kier alpha value is -0.870. The number of halogens is 3. The Kier molecular flexibility index (Phi) is 6.04. The highest BCUT2D eigenvalue weighted by molar-refractivity contribution is 7.87. The van der Waals surface area contributed by atoms with E-state index in [4.69, 9.17) is 5.11 Å². The molecule has 0 radical (unpaired) electrons. The van der Waals surface area contributed by atoms with E-state index in [-0.39, 0.29) is 12.3 Å². The first kappa shape index (κ1) is 17.1. The molecule has 0 fully saturated rings. The van der Waals surface area contributed by atoms with Crippen LogP contribution in [0.15, 0.2) is 0 Å². The quantitative estimate of drug-likeness (QED) is 0.635. The van der Waals surface area contributed by atoms with Crippen LogP contribution in [-0.2, 0) is 15.0 Å². The average Bonchev–Trinajstić information content (AvgIpc) is 2.11. The molecule has 10 heteroatoms. The lowest BCUT2D eigenvalue weighted by atomic mass is 10.1. The highest BCUT2D eigenvalue weighted by Gasteiger charge is 2.31. The molecule has 1 atom stereocenters. The van der Waals surface area contributed by atoms with Crippen LogP contribution in [0, 0.1) is 5.92 Å². The number of carbonyl (C=O) groups is 1. The second kappa shape index (κ2) is 6.34. The highest BCUT2D eigenvalue weighted by atomic mass is 32.2. The third-order valence-corrected chi connectivity index (χ3v) is 2.88. The van der Waals surface area contributed by atoms with Crippen LogP contribution in [-0.4, -0.2) is 38.3 Å². The highest BCUT2D eigenvalue weighted by Crippen LogP contribution is 2.13.